The summed E-state index contributed by atoms with van der Waals surface area (Å²) in [4.78, 5) is 8.90. The van der Waals surface area contributed by atoms with E-state index in [0.717, 1.165) is 5.56 Å². The molecule has 0 aliphatic heterocycles. The van der Waals surface area contributed by atoms with Gasteiger partial charge in [-0.1, -0.05) is 50.3 Å². The fourth-order valence-corrected chi connectivity index (χ4v) is 2.24. The van der Waals surface area contributed by atoms with Gasteiger partial charge in [0.15, 0.2) is 0 Å². The molecule has 0 bridgehead atoms. The van der Waals surface area contributed by atoms with Gasteiger partial charge >= 0.3 is 8.25 Å². The predicted molar refractivity (Wildman–Crippen MR) is 69.7 cm³/mol. The largest absolute Gasteiger partial charge is 0.695 e. The summed E-state index contributed by atoms with van der Waals surface area (Å²) < 4.78 is 16.0. The molecule has 4 heteroatoms. The molecule has 1 atom stereocenters. The Labute approximate surface area is 103 Å². The average molecular weight is 253 g/mol. The normalized spacial score (nSPS) is 13.0. The zero-order valence-electron chi connectivity index (χ0n) is 10.2. The lowest BCUT2D eigenvalue weighted by atomic mass is 9.96. The second-order valence-electron chi connectivity index (χ2n) is 3.85. The van der Waals surface area contributed by atoms with E-state index < -0.39 is 13.9 Å². The summed E-state index contributed by atoms with van der Waals surface area (Å²) in [5.74, 6) is 0. The topological polar surface area (TPSA) is 46.5 Å². The first-order valence-electron chi connectivity index (χ1n) is 5.71. The van der Waals surface area contributed by atoms with Gasteiger partial charge in [0.25, 0.3) is 0 Å². The van der Waals surface area contributed by atoms with Gasteiger partial charge in [-0.25, -0.2) is 0 Å². The Balaban J connectivity index is 2.86. The van der Waals surface area contributed by atoms with Crippen molar-refractivity contribution >= 4 is 14.3 Å². The lowest BCUT2D eigenvalue weighted by Gasteiger charge is -2.19. The average Bonchev–Trinajstić information content (AvgIpc) is 2.35. The standard InChI is InChI=1S/C13H17O3P/c1-3-13(4-2,16-17(14)15)11-10-12-8-6-5-7-9-12/h5-11H,3-4H2,1-2H3/p+1. The van der Waals surface area contributed by atoms with E-state index >= 15 is 0 Å². The van der Waals surface area contributed by atoms with E-state index in [-0.39, 0.29) is 0 Å². The molecule has 1 unspecified atom stereocenters. The van der Waals surface area contributed by atoms with E-state index in [2.05, 4.69) is 0 Å². The molecule has 92 valence electrons. The summed E-state index contributed by atoms with van der Waals surface area (Å²) in [5.41, 5.74) is 0.397. The van der Waals surface area contributed by atoms with Gasteiger partial charge in [0.05, 0.1) is 0 Å². The van der Waals surface area contributed by atoms with E-state index in [1.54, 1.807) is 0 Å². The van der Waals surface area contributed by atoms with Crippen LogP contribution in [-0.4, -0.2) is 10.5 Å². The number of hydrogen-bond acceptors (Lipinski definition) is 2. The van der Waals surface area contributed by atoms with E-state index in [0.29, 0.717) is 12.8 Å². The minimum atomic E-state index is -2.58. The van der Waals surface area contributed by atoms with E-state index in [1.165, 1.54) is 0 Å². The van der Waals surface area contributed by atoms with E-state index in [1.807, 2.05) is 56.3 Å². The van der Waals surface area contributed by atoms with Gasteiger partial charge in [-0.15, -0.1) is 9.42 Å². The van der Waals surface area contributed by atoms with Crippen LogP contribution in [0.15, 0.2) is 36.4 Å². The molecule has 0 radical (unpaired) electrons. The maximum atomic E-state index is 10.8. The summed E-state index contributed by atoms with van der Waals surface area (Å²) in [6.07, 6.45) is 5.11. The van der Waals surface area contributed by atoms with Crippen molar-refractivity contribution in [3.8, 4) is 0 Å². The highest BCUT2D eigenvalue weighted by molar-refractivity contribution is 7.32. The summed E-state index contributed by atoms with van der Waals surface area (Å²) in [6, 6.07) is 9.81. The van der Waals surface area contributed by atoms with Crippen LogP contribution in [0.3, 0.4) is 0 Å². The van der Waals surface area contributed by atoms with Crippen molar-refractivity contribution < 1.29 is 14.0 Å². The van der Waals surface area contributed by atoms with Crippen LogP contribution >= 0.6 is 8.25 Å². The van der Waals surface area contributed by atoms with Crippen molar-refractivity contribution in [1.29, 1.82) is 0 Å². The molecule has 1 aromatic carbocycles. The van der Waals surface area contributed by atoms with Crippen molar-refractivity contribution in [3.05, 3.63) is 42.0 Å². The molecule has 1 rings (SSSR count). The molecule has 0 saturated carbocycles. The molecule has 0 aromatic heterocycles. The van der Waals surface area contributed by atoms with Crippen molar-refractivity contribution in [2.24, 2.45) is 0 Å². The minimum absolute atomic E-state index is 0.655. The van der Waals surface area contributed by atoms with Crippen LogP contribution in [0.4, 0.5) is 0 Å². The van der Waals surface area contributed by atoms with Gasteiger partial charge in [0.2, 0.25) is 0 Å². The SMILES string of the molecule is CCC(C=Cc1ccccc1)(CC)O[P+](=O)O. The molecule has 3 nitrogen and oxygen atoms in total. The fourth-order valence-electron chi connectivity index (χ4n) is 1.61. The van der Waals surface area contributed by atoms with Crippen LogP contribution in [0.5, 0.6) is 0 Å². The fraction of sp³-hybridized carbons (Fsp3) is 0.385. The Hall–Kier alpha value is -1.02. The zero-order chi connectivity index (χ0) is 12.7. The Morgan fingerprint density at radius 3 is 2.35 bits per heavy atom. The van der Waals surface area contributed by atoms with Crippen LogP contribution in [0.2, 0.25) is 0 Å². The highest BCUT2D eigenvalue weighted by atomic mass is 31.1. The van der Waals surface area contributed by atoms with Crippen LogP contribution in [0.1, 0.15) is 32.3 Å². The number of hydrogen-bond donors (Lipinski definition) is 1. The smallest absolute Gasteiger partial charge is 0.133 e. The van der Waals surface area contributed by atoms with Crippen molar-refractivity contribution in [2.45, 2.75) is 32.3 Å². The molecule has 0 saturated heterocycles. The van der Waals surface area contributed by atoms with Gasteiger partial charge in [0.1, 0.15) is 5.60 Å². The Morgan fingerprint density at radius 2 is 1.88 bits per heavy atom. The molecule has 0 heterocycles. The van der Waals surface area contributed by atoms with Crippen LogP contribution in [-0.2, 0) is 9.09 Å². The molecule has 0 aliphatic carbocycles. The zero-order valence-corrected chi connectivity index (χ0v) is 11.1. The third kappa shape index (κ3) is 4.39. The second kappa shape index (κ2) is 6.65. The lowest BCUT2D eigenvalue weighted by molar-refractivity contribution is 0.106. The third-order valence-electron chi connectivity index (χ3n) is 2.84. The molecule has 0 fully saturated rings. The molecule has 1 N–H and O–H groups in total. The molecule has 0 aliphatic rings. The highest BCUT2D eigenvalue weighted by Crippen LogP contribution is 2.33. The third-order valence-corrected chi connectivity index (χ3v) is 3.36. The molecule has 1 aromatic rings. The monoisotopic (exact) mass is 253 g/mol. The Morgan fingerprint density at radius 1 is 1.29 bits per heavy atom. The van der Waals surface area contributed by atoms with E-state index in [4.69, 9.17) is 9.42 Å². The van der Waals surface area contributed by atoms with Crippen LogP contribution in [0, 0.1) is 0 Å². The quantitative estimate of drug-likeness (QED) is 0.781. The molecular weight excluding hydrogens is 235 g/mol. The van der Waals surface area contributed by atoms with Crippen molar-refractivity contribution in [1.82, 2.24) is 0 Å². The van der Waals surface area contributed by atoms with Gasteiger partial charge in [-0.05, 0) is 24.5 Å². The summed E-state index contributed by atoms with van der Waals surface area (Å²) in [5, 5.41) is 0. The summed E-state index contributed by atoms with van der Waals surface area (Å²) in [6.45, 7) is 3.88. The van der Waals surface area contributed by atoms with Gasteiger partial charge in [0, 0.05) is 4.57 Å². The first-order chi connectivity index (χ1) is 8.12. The van der Waals surface area contributed by atoms with E-state index in [9.17, 15) is 4.57 Å². The number of rotatable bonds is 6. The summed E-state index contributed by atoms with van der Waals surface area (Å²) in [7, 11) is -2.58. The lowest BCUT2D eigenvalue weighted by Crippen LogP contribution is -2.25. The molecule has 0 spiro atoms. The van der Waals surface area contributed by atoms with Gasteiger partial charge < -0.3 is 0 Å². The Bertz CT molecular complexity index is 383. The van der Waals surface area contributed by atoms with Gasteiger partial charge in [-0.3, -0.25) is 0 Å². The maximum Gasteiger partial charge on any atom is 0.695 e. The Kier molecular flexibility index (Phi) is 5.49. The van der Waals surface area contributed by atoms with Crippen LogP contribution < -0.4 is 0 Å². The van der Waals surface area contributed by atoms with Crippen LogP contribution in [0.25, 0.3) is 6.08 Å². The maximum absolute atomic E-state index is 10.8. The first kappa shape index (κ1) is 14.0. The molecular formula is C13H18O3P+. The predicted octanol–water partition coefficient (Wildman–Crippen LogP) is 3.92. The second-order valence-corrected chi connectivity index (χ2v) is 4.50. The van der Waals surface area contributed by atoms with Gasteiger partial charge in [-0.2, -0.15) is 0 Å². The molecule has 17 heavy (non-hydrogen) atoms. The highest BCUT2D eigenvalue weighted by Gasteiger charge is 2.34. The molecule has 0 amide bonds. The van der Waals surface area contributed by atoms with Crippen molar-refractivity contribution in [2.75, 3.05) is 0 Å². The minimum Gasteiger partial charge on any atom is -0.133 e. The summed E-state index contributed by atoms with van der Waals surface area (Å²) >= 11 is 0. The first-order valence-corrected chi connectivity index (χ1v) is 6.84. The van der Waals surface area contributed by atoms with Crippen molar-refractivity contribution in [3.63, 3.8) is 0 Å². The number of benzene rings is 1.